The molecule has 2 aromatic rings. The van der Waals surface area contributed by atoms with Gasteiger partial charge in [-0.25, -0.2) is 4.98 Å². The van der Waals surface area contributed by atoms with E-state index in [4.69, 9.17) is 9.47 Å². The summed E-state index contributed by atoms with van der Waals surface area (Å²) in [5, 5.41) is 10.2. The van der Waals surface area contributed by atoms with Gasteiger partial charge in [0.15, 0.2) is 11.5 Å². The van der Waals surface area contributed by atoms with Gasteiger partial charge in [-0.3, -0.25) is 0 Å². The predicted octanol–water partition coefficient (Wildman–Crippen LogP) is 4.11. The molecule has 0 aliphatic rings. The van der Waals surface area contributed by atoms with Crippen LogP contribution in [0, 0.1) is 6.92 Å². The third kappa shape index (κ3) is 3.77. The number of hydrogen-bond acceptors (Lipinski definition) is 4. The fourth-order valence-corrected chi connectivity index (χ4v) is 1.71. The quantitative estimate of drug-likeness (QED) is 0.903. The molecule has 1 heterocycles. The normalized spacial score (nSPS) is 12.1. The second-order valence-corrected chi connectivity index (χ2v) is 6.34. The van der Waals surface area contributed by atoms with E-state index in [1.165, 1.54) is 0 Å². The lowest BCUT2D eigenvalue weighted by Crippen LogP contribution is -2.49. The number of nitrogens with zero attached hydrogens (tertiary/aromatic N) is 1. The van der Waals surface area contributed by atoms with Crippen LogP contribution >= 0.6 is 0 Å². The van der Waals surface area contributed by atoms with Crippen molar-refractivity contribution in [3.8, 4) is 17.4 Å². The van der Waals surface area contributed by atoms with Gasteiger partial charge in [0.25, 0.3) is 0 Å². The maximum atomic E-state index is 10.2. The maximum absolute atomic E-state index is 10.2. The number of aromatic nitrogens is 1. The minimum Gasteiger partial charge on any atom is -0.481 e. The Morgan fingerprint density at radius 2 is 1.55 bits per heavy atom. The van der Waals surface area contributed by atoms with E-state index in [1.54, 1.807) is 19.9 Å². The van der Waals surface area contributed by atoms with Crippen LogP contribution in [0.15, 0.2) is 42.5 Å². The molecule has 0 atom stereocenters. The van der Waals surface area contributed by atoms with Crippen LogP contribution in [-0.2, 0) is 0 Å². The maximum Gasteiger partial charge on any atom is 0.219 e. The number of benzene rings is 1. The van der Waals surface area contributed by atoms with Gasteiger partial charge in [-0.05, 0) is 52.8 Å². The number of para-hydroxylation sites is 2. The molecule has 1 aromatic carbocycles. The van der Waals surface area contributed by atoms with Gasteiger partial charge < -0.3 is 14.6 Å². The first-order valence-electron chi connectivity index (χ1n) is 7.31. The van der Waals surface area contributed by atoms with Gasteiger partial charge in [0.05, 0.1) is 5.60 Å². The Kier molecular flexibility index (Phi) is 4.42. The van der Waals surface area contributed by atoms with Gasteiger partial charge in [-0.1, -0.05) is 18.2 Å². The first-order valence-corrected chi connectivity index (χ1v) is 7.31. The van der Waals surface area contributed by atoms with Crippen molar-refractivity contribution in [1.82, 2.24) is 4.98 Å². The van der Waals surface area contributed by atoms with Crippen molar-refractivity contribution >= 4 is 0 Å². The van der Waals surface area contributed by atoms with Crippen molar-refractivity contribution in [3.05, 3.63) is 48.2 Å². The van der Waals surface area contributed by atoms with E-state index in [0.717, 1.165) is 5.69 Å². The lowest BCUT2D eigenvalue weighted by Gasteiger charge is -2.37. The molecule has 0 bridgehead atoms. The minimum absolute atomic E-state index is 0.511. The van der Waals surface area contributed by atoms with Gasteiger partial charge in [-0.2, -0.15) is 0 Å². The number of pyridine rings is 1. The van der Waals surface area contributed by atoms with Gasteiger partial charge >= 0.3 is 0 Å². The van der Waals surface area contributed by atoms with Crippen molar-refractivity contribution < 1.29 is 14.6 Å². The second-order valence-electron chi connectivity index (χ2n) is 6.34. The van der Waals surface area contributed by atoms with Gasteiger partial charge in [0.1, 0.15) is 5.60 Å². The summed E-state index contributed by atoms with van der Waals surface area (Å²) >= 11 is 0. The fourth-order valence-electron chi connectivity index (χ4n) is 1.71. The molecule has 0 fully saturated rings. The third-order valence-electron chi connectivity index (χ3n) is 3.76. The van der Waals surface area contributed by atoms with Crippen LogP contribution in [0.3, 0.4) is 0 Å². The zero-order valence-corrected chi connectivity index (χ0v) is 13.8. The van der Waals surface area contributed by atoms with E-state index in [9.17, 15) is 5.11 Å². The zero-order valence-electron chi connectivity index (χ0n) is 13.8. The molecule has 0 saturated heterocycles. The summed E-state index contributed by atoms with van der Waals surface area (Å²) in [6, 6.07) is 13.0. The lowest BCUT2D eigenvalue weighted by molar-refractivity contribution is -0.0912. The van der Waals surface area contributed by atoms with Crippen LogP contribution in [0.2, 0.25) is 0 Å². The topological polar surface area (TPSA) is 51.6 Å². The molecule has 0 amide bonds. The molecule has 1 N–H and O–H groups in total. The number of aryl methyl sites for hydroxylation is 1. The molecule has 0 unspecified atom stereocenters. The summed E-state index contributed by atoms with van der Waals surface area (Å²) < 4.78 is 11.8. The van der Waals surface area contributed by atoms with Crippen LogP contribution in [0.5, 0.6) is 17.4 Å². The smallest absolute Gasteiger partial charge is 0.219 e. The zero-order chi connectivity index (χ0) is 16.4. The highest BCUT2D eigenvalue weighted by Crippen LogP contribution is 2.35. The van der Waals surface area contributed by atoms with Gasteiger partial charge in [0.2, 0.25) is 5.88 Å². The molecular formula is C18H23NO3. The summed E-state index contributed by atoms with van der Waals surface area (Å²) in [6.07, 6.45) is 0. The molecule has 0 aliphatic heterocycles. The summed E-state index contributed by atoms with van der Waals surface area (Å²) in [4.78, 5) is 4.33. The molecule has 118 valence electrons. The standard InChI is InChI=1S/C18H23NO3/c1-13-9-8-12-16(19-13)21-14-10-6-7-11-15(14)22-18(4,5)17(2,3)20/h6-12,20H,1-5H3. The minimum atomic E-state index is -0.998. The number of ether oxygens (including phenoxy) is 2. The number of hydrogen-bond donors (Lipinski definition) is 1. The Morgan fingerprint density at radius 3 is 2.14 bits per heavy atom. The summed E-state index contributed by atoms with van der Waals surface area (Å²) in [6.45, 7) is 9.03. The van der Waals surface area contributed by atoms with Gasteiger partial charge in [-0.15, -0.1) is 0 Å². The molecule has 22 heavy (non-hydrogen) atoms. The summed E-state index contributed by atoms with van der Waals surface area (Å²) in [7, 11) is 0. The van der Waals surface area contributed by atoms with Crippen molar-refractivity contribution in [1.29, 1.82) is 0 Å². The summed E-state index contributed by atoms with van der Waals surface area (Å²) in [5.74, 6) is 1.65. The Labute approximate surface area is 131 Å². The largest absolute Gasteiger partial charge is 0.481 e. The Balaban J connectivity index is 2.28. The second kappa shape index (κ2) is 5.97. The molecule has 0 spiro atoms. The monoisotopic (exact) mass is 301 g/mol. The molecule has 0 radical (unpaired) electrons. The van der Waals surface area contributed by atoms with Crippen LogP contribution in [-0.4, -0.2) is 21.3 Å². The highest BCUT2D eigenvalue weighted by Gasteiger charge is 2.38. The van der Waals surface area contributed by atoms with Crippen LogP contribution < -0.4 is 9.47 Å². The highest BCUT2D eigenvalue weighted by molar-refractivity contribution is 5.42. The summed E-state index contributed by atoms with van der Waals surface area (Å²) in [5.41, 5.74) is -0.888. The van der Waals surface area contributed by atoms with Crippen LogP contribution in [0.1, 0.15) is 33.4 Å². The molecule has 0 saturated carbocycles. The molecule has 4 nitrogen and oxygen atoms in total. The Hall–Kier alpha value is -2.07. The first-order chi connectivity index (χ1) is 10.2. The van der Waals surface area contributed by atoms with E-state index in [-0.39, 0.29) is 0 Å². The van der Waals surface area contributed by atoms with Crippen LogP contribution in [0.25, 0.3) is 0 Å². The molecule has 1 aromatic heterocycles. The fraction of sp³-hybridized carbons (Fsp3) is 0.389. The molecular weight excluding hydrogens is 278 g/mol. The van der Waals surface area contributed by atoms with Crippen molar-refractivity contribution in [3.63, 3.8) is 0 Å². The van der Waals surface area contributed by atoms with E-state index < -0.39 is 11.2 Å². The van der Waals surface area contributed by atoms with Crippen LogP contribution in [0.4, 0.5) is 0 Å². The van der Waals surface area contributed by atoms with E-state index in [1.807, 2.05) is 57.2 Å². The Morgan fingerprint density at radius 1 is 0.909 bits per heavy atom. The van der Waals surface area contributed by atoms with Crippen molar-refractivity contribution in [2.75, 3.05) is 0 Å². The third-order valence-corrected chi connectivity index (χ3v) is 3.76. The highest BCUT2D eigenvalue weighted by atomic mass is 16.5. The lowest BCUT2D eigenvalue weighted by atomic mass is 9.89. The predicted molar refractivity (Wildman–Crippen MR) is 86.5 cm³/mol. The molecule has 2 rings (SSSR count). The average molecular weight is 301 g/mol. The van der Waals surface area contributed by atoms with E-state index in [0.29, 0.717) is 17.4 Å². The Bertz CT molecular complexity index is 645. The first kappa shape index (κ1) is 16.3. The molecule has 0 aliphatic carbocycles. The van der Waals surface area contributed by atoms with Gasteiger partial charge in [0, 0.05) is 11.8 Å². The van der Waals surface area contributed by atoms with E-state index >= 15 is 0 Å². The molecule has 4 heteroatoms. The average Bonchev–Trinajstić information content (AvgIpc) is 2.39. The SMILES string of the molecule is Cc1cccc(Oc2ccccc2OC(C)(C)C(C)(C)O)n1. The van der Waals surface area contributed by atoms with E-state index in [2.05, 4.69) is 4.98 Å². The van der Waals surface area contributed by atoms with Crippen molar-refractivity contribution in [2.24, 2.45) is 0 Å². The van der Waals surface area contributed by atoms with Crippen molar-refractivity contribution in [2.45, 2.75) is 45.8 Å². The number of rotatable bonds is 5. The number of aliphatic hydroxyl groups is 1.